The summed E-state index contributed by atoms with van der Waals surface area (Å²) in [5.74, 6) is -1.22. The Morgan fingerprint density at radius 1 is 0.750 bits per heavy atom. The summed E-state index contributed by atoms with van der Waals surface area (Å²) in [4.78, 5) is 27.1. The van der Waals surface area contributed by atoms with E-state index in [-0.39, 0.29) is 11.9 Å². The highest BCUT2D eigenvalue weighted by Gasteiger charge is 2.18. The number of carbonyl (C=O) groups is 2. The lowest BCUT2D eigenvalue weighted by molar-refractivity contribution is -0.142. The van der Waals surface area contributed by atoms with Gasteiger partial charge in [-0.15, -0.1) is 0 Å². The van der Waals surface area contributed by atoms with E-state index in [0.717, 1.165) is 19.3 Å². The van der Waals surface area contributed by atoms with E-state index in [1.54, 1.807) is 0 Å². The number of amides is 1. The molecule has 7 heteroatoms. The SMILES string of the molecule is CCCCCCCCCCCCCCCCCCC(=O)N[C@@H](CCCN=C(N)N)C(=O)O. The number of carboxylic acids is 1. The van der Waals surface area contributed by atoms with Crippen LogP contribution < -0.4 is 16.8 Å². The number of nitrogens with two attached hydrogens (primary N) is 2. The zero-order chi connectivity index (χ0) is 23.9. The molecule has 0 aliphatic carbocycles. The molecular formula is C25H50N4O3. The number of aliphatic carboxylic acids is 1. The van der Waals surface area contributed by atoms with Crippen molar-refractivity contribution in [3.8, 4) is 0 Å². The van der Waals surface area contributed by atoms with Crippen molar-refractivity contribution in [2.75, 3.05) is 6.54 Å². The average molecular weight is 455 g/mol. The number of hydrogen-bond donors (Lipinski definition) is 4. The van der Waals surface area contributed by atoms with Gasteiger partial charge in [0.2, 0.25) is 5.91 Å². The molecular weight excluding hydrogens is 404 g/mol. The zero-order valence-electron chi connectivity index (χ0n) is 20.6. The first-order valence-corrected chi connectivity index (χ1v) is 13.0. The smallest absolute Gasteiger partial charge is 0.326 e. The minimum atomic E-state index is -1.02. The number of hydrogen-bond acceptors (Lipinski definition) is 3. The Balaban J connectivity index is 3.50. The van der Waals surface area contributed by atoms with Crippen LogP contribution in [0.4, 0.5) is 0 Å². The largest absolute Gasteiger partial charge is 0.480 e. The Morgan fingerprint density at radius 3 is 1.59 bits per heavy atom. The molecule has 0 saturated carbocycles. The second kappa shape index (κ2) is 22.4. The number of nitrogens with one attached hydrogen (secondary N) is 1. The molecule has 6 N–H and O–H groups in total. The van der Waals surface area contributed by atoms with E-state index < -0.39 is 12.0 Å². The van der Waals surface area contributed by atoms with E-state index in [2.05, 4.69) is 17.2 Å². The van der Waals surface area contributed by atoms with Gasteiger partial charge < -0.3 is 21.9 Å². The highest BCUT2D eigenvalue weighted by molar-refractivity contribution is 5.83. The van der Waals surface area contributed by atoms with E-state index in [9.17, 15) is 14.7 Å². The van der Waals surface area contributed by atoms with Crippen molar-refractivity contribution < 1.29 is 14.7 Å². The molecule has 32 heavy (non-hydrogen) atoms. The summed E-state index contributed by atoms with van der Waals surface area (Å²) in [5.41, 5.74) is 10.5. The summed E-state index contributed by atoms with van der Waals surface area (Å²) >= 11 is 0. The number of carbonyl (C=O) groups excluding carboxylic acids is 1. The Hall–Kier alpha value is -1.79. The topological polar surface area (TPSA) is 131 Å². The first-order chi connectivity index (χ1) is 15.5. The van der Waals surface area contributed by atoms with E-state index >= 15 is 0 Å². The number of unbranched alkanes of at least 4 members (excludes halogenated alkanes) is 15. The average Bonchev–Trinajstić information content (AvgIpc) is 2.75. The number of aliphatic imine (C=N–C) groups is 1. The third kappa shape index (κ3) is 21.4. The molecule has 0 aromatic carbocycles. The molecule has 0 spiro atoms. The number of carboxylic acid groups (broad SMARTS) is 1. The van der Waals surface area contributed by atoms with Gasteiger partial charge in [-0.2, -0.15) is 0 Å². The van der Waals surface area contributed by atoms with Crippen LogP contribution in [0, 0.1) is 0 Å². The normalized spacial score (nSPS) is 11.8. The zero-order valence-corrected chi connectivity index (χ0v) is 20.6. The van der Waals surface area contributed by atoms with Crippen molar-refractivity contribution in [3.05, 3.63) is 0 Å². The molecule has 0 aliphatic heterocycles. The van der Waals surface area contributed by atoms with Gasteiger partial charge >= 0.3 is 5.97 Å². The number of guanidine groups is 1. The lowest BCUT2D eigenvalue weighted by atomic mass is 10.0. The predicted molar refractivity (Wildman–Crippen MR) is 134 cm³/mol. The van der Waals surface area contributed by atoms with Crippen molar-refractivity contribution in [1.29, 1.82) is 0 Å². The fourth-order valence-electron chi connectivity index (χ4n) is 3.86. The number of nitrogens with zero attached hydrogens (tertiary/aromatic N) is 1. The molecule has 1 atom stereocenters. The third-order valence-corrected chi connectivity index (χ3v) is 5.84. The van der Waals surface area contributed by atoms with Crippen molar-refractivity contribution >= 4 is 17.8 Å². The monoisotopic (exact) mass is 454 g/mol. The molecule has 0 saturated heterocycles. The highest BCUT2D eigenvalue weighted by Crippen LogP contribution is 2.14. The van der Waals surface area contributed by atoms with Crippen LogP contribution in [0.3, 0.4) is 0 Å². The minimum absolute atomic E-state index is 0.00981. The van der Waals surface area contributed by atoms with E-state index in [1.807, 2.05) is 0 Å². The van der Waals surface area contributed by atoms with Crippen LogP contribution >= 0.6 is 0 Å². The van der Waals surface area contributed by atoms with E-state index in [4.69, 9.17) is 11.5 Å². The van der Waals surface area contributed by atoms with Gasteiger partial charge in [0, 0.05) is 13.0 Å². The lowest BCUT2D eigenvalue weighted by Gasteiger charge is -2.14. The summed E-state index contributed by atoms with van der Waals surface area (Å²) in [7, 11) is 0. The molecule has 188 valence electrons. The summed E-state index contributed by atoms with van der Waals surface area (Å²) in [6.07, 6.45) is 21.8. The molecule has 0 aromatic rings. The molecule has 1 amide bonds. The second-order valence-corrected chi connectivity index (χ2v) is 8.96. The summed E-state index contributed by atoms with van der Waals surface area (Å²) in [6, 6.07) is -0.877. The van der Waals surface area contributed by atoms with Crippen LogP contribution in [0.15, 0.2) is 4.99 Å². The molecule has 0 bridgehead atoms. The molecule has 0 rings (SSSR count). The maximum atomic E-state index is 12.0. The van der Waals surface area contributed by atoms with Gasteiger partial charge in [-0.05, 0) is 19.3 Å². The van der Waals surface area contributed by atoms with Crippen LogP contribution in [-0.2, 0) is 9.59 Å². The molecule has 0 unspecified atom stereocenters. The maximum Gasteiger partial charge on any atom is 0.326 e. The summed E-state index contributed by atoms with van der Waals surface area (Å²) < 4.78 is 0. The van der Waals surface area contributed by atoms with Gasteiger partial charge in [-0.25, -0.2) is 4.79 Å². The minimum Gasteiger partial charge on any atom is -0.480 e. The lowest BCUT2D eigenvalue weighted by Crippen LogP contribution is -2.40. The van der Waals surface area contributed by atoms with Gasteiger partial charge in [0.15, 0.2) is 5.96 Å². The van der Waals surface area contributed by atoms with Crippen molar-refractivity contribution in [2.24, 2.45) is 16.5 Å². The highest BCUT2D eigenvalue weighted by atomic mass is 16.4. The maximum absolute atomic E-state index is 12.0. The van der Waals surface area contributed by atoms with Gasteiger partial charge in [-0.3, -0.25) is 9.79 Å². The second-order valence-electron chi connectivity index (χ2n) is 8.96. The first-order valence-electron chi connectivity index (χ1n) is 13.0. The molecule has 0 heterocycles. The molecule has 0 fully saturated rings. The van der Waals surface area contributed by atoms with Crippen molar-refractivity contribution in [3.63, 3.8) is 0 Å². The van der Waals surface area contributed by atoms with Crippen molar-refractivity contribution in [1.82, 2.24) is 5.32 Å². The van der Waals surface area contributed by atoms with Gasteiger partial charge in [0.1, 0.15) is 6.04 Å². The molecule has 0 aromatic heterocycles. The summed E-state index contributed by atoms with van der Waals surface area (Å²) in [5, 5.41) is 11.9. The van der Waals surface area contributed by atoms with Crippen LogP contribution in [-0.4, -0.2) is 35.5 Å². The Morgan fingerprint density at radius 2 is 1.19 bits per heavy atom. The van der Waals surface area contributed by atoms with Crippen LogP contribution in [0.25, 0.3) is 0 Å². The van der Waals surface area contributed by atoms with Crippen LogP contribution in [0.1, 0.15) is 129 Å². The predicted octanol–water partition coefficient (Wildman–Crippen LogP) is 5.26. The Labute approximate surface area is 196 Å². The van der Waals surface area contributed by atoms with Gasteiger partial charge in [0.25, 0.3) is 0 Å². The van der Waals surface area contributed by atoms with Crippen molar-refractivity contribution in [2.45, 2.75) is 135 Å². The molecule has 0 radical (unpaired) electrons. The van der Waals surface area contributed by atoms with E-state index in [1.165, 1.54) is 83.5 Å². The van der Waals surface area contributed by atoms with Gasteiger partial charge in [-0.1, -0.05) is 103 Å². The Kier molecular flexibility index (Phi) is 21.2. The van der Waals surface area contributed by atoms with Gasteiger partial charge in [0.05, 0.1) is 0 Å². The van der Waals surface area contributed by atoms with Crippen LogP contribution in [0.5, 0.6) is 0 Å². The Bertz CT molecular complexity index is 494. The van der Waals surface area contributed by atoms with Crippen LogP contribution in [0.2, 0.25) is 0 Å². The fourth-order valence-corrected chi connectivity index (χ4v) is 3.86. The molecule has 7 nitrogen and oxygen atoms in total. The number of rotatable bonds is 23. The third-order valence-electron chi connectivity index (χ3n) is 5.84. The summed E-state index contributed by atoms with van der Waals surface area (Å²) in [6.45, 7) is 2.63. The quantitative estimate of drug-likeness (QED) is 0.0950. The fraction of sp³-hybridized carbons (Fsp3) is 0.880. The standard InChI is InChI=1S/C25H50N4O3/c1-2-3-4-5-6-7-8-9-10-11-12-13-14-15-16-17-20-23(30)29-22(24(31)32)19-18-21-28-25(26)27/h22H,2-21H2,1H3,(H,29,30)(H,31,32)(H4,26,27,28)/t22-/m0/s1. The molecule has 0 aliphatic rings. The van der Waals surface area contributed by atoms with E-state index in [0.29, 0.717) is 25.8 Å². The first kappa shape index (κ1) is 30.2.